The van der Waals surface area contributed by atoms with Gasteiger partial charge in [-0.05, 0) is 60.1 Å². The molecular formula is C15H13BrN2O3. The fraction of sp³-hybridized carbons (Fsp3) is 0.133. The molecule has 0 atom stereocenters. The van der Waals surface area contributed by atoms with Gasteiger partial charge < -0.3 is 10.4 Å². The maximum absolute atomic E-state index is 12.3. The third-order valence-corrected chi connectivity index (χ3v) is 3.62. The fourth-order valence-corrected chi connectivity index (χ4v) is 2.22. The number of hydrogen-bond acceptors (Lipinski definition) is 3. The molecule has 6 heteroatoms. The van der Waals surface area contributed by atoms with Crippen molar-refractivity contribution in [2.45, 2.75) is 13.8 Å². The number of benzene rings is 1. The number of aromatic nitrogens is 1. The summed E-state index contributed by atoms with van der Waals surface area (Å²) in [6, 6.07) is 7.90. The first-order valence-electron chi connectivity index (χ1n) is 6.17. The van der Waals surface area contributed by atoms with Crippen LogP contribution in [-0.2, 0) is 0 Å². The second kappa shape index (κ2) is 6.05. The summed E-state index contributed by atoms with van der Waals surface area (Å²) in [5.41, 5.74) is 2.41. The number of aromatic carboxylic acids is 1. The first-order valence-corrected chi connectivity index (χ1v) is 6.96. The van der Waals surface area contributed by atoms with Crippen molar-refractivity contribution in [3.63, 3.8) is 0 Å². The molecule has 2 aromatic rings. The van der Waals surface area contributed by atoms with Crippen LogP contribution in [-0.4, -0.2) is 22.0 Å². The predicted molar refractivity (Wildman–Crippen MR) is 82.8 cm³/mol. The van der Waals surface area contributed by atoms with Crippen LogP contribution in [0, 0.1) is 13.8 Å². The molecule has 1 amide bonds. The van der Waals surface area contributed by atoms with Gasteiger partial charge in [-0.3, -0.25) is 9.78 Å². The molecule has 0 spiro atoms. The Morgan fingerprint density at radius 3 is 2.52 bits per heavy atom. The van der Waals surface area contributed by atoms with Gasteiger partial charge in [0.1, 0.15) is 0 Å². The molecule has 0 radical (unpaired) electrons. The summed E-state index contributed by atoms with van der Waals surface area (Å²) >= 11 is 3.29. The Kier molecular flexibility index (Phi) is 4.37. The molecule has 1 aromatic heterocycles. The van der Waals surface area contributed by atoms with Crippen molar-refractivity contribution in [1.82, 2.24) is 4.98 Å². The molecule has 0 aliphatic heterocycles. The molecule has 0 fully saturated rings. The van der Waals surface area contributed by atoms with Gasteiger partial charge >= 0.3 is 5.97 Å². The highest BCUT2D eigenvalue weighted by Gasteiger charge is 2.13. The average Bonchev–Trinajstić information content (AvgIpc) is 2.40. The summed E-state index contributed by atoms with van der Waals surface area (Å²) in [5.74, 6) is -1.38. The van der Waals surface area contributed by atoms with E-state index in [2.05, 4.69) is 26.2 Å². The molecule has 0 bridgehead atoms. The van der Waals surface area contributed by atoms with E-state index in [4.69, 9.17) is 5.11 Å². The first kappa shape index (κ1) is 15.2. The number of nitrogens with one attached hydrogen (secondary N) is 1. The highest BCUT2D eigenvalue weighted by molar-refractivity contribution is 9.10. The number of carbonyl (C=O) groups excluding carboxylic acids is 1. The molecular weight excluding hydrogens is 336 g/mol. The molecule has 1 heterocycles. The summed E-state index contributed by atoms with van der Waals surface area (Å²) in [7, 11) is 0. The lowest BCUT2D eigenvalue weighted by atomic mass is 10.1. The van der Waals surface area contributed by atoms with Crippen molar-refractivity contribution in [1.29, 1.82) is 0 Å². The van der Waals surface area contributed by atoms with Crippen LogP contribution in [0.25, 0.3) is 0 Å². The lowest BCUT2D eigenvalue weighted by Gasteiger charge is -2.10. The number of carbonyl (C=O) groups is 2. The Morgan fingerprint density at radius 2 is 1.90 bits per heavy atom. The Morgan fingerprint density at radius 1 is 1.19 bits per heavy atom. The fourth-order valence-electron chi connectivity index (χ4n) is 1.87. The molecule has 0 saturated carbocycles. The lowest BCUT2D eigenvalue weighted by Crippen LogP contribution is -2.15. The number of pyridine rings is 1. The van der Waals surface area contributed by atoms with Gasteiger partial charge in [0.05, 0.1) is 22.5 Å². The van der Waals surface area contributed by atoms with E-state index in [1.54, 1.807) is 25.1 Å². The zero-order valence-corrected chi connectivity index (χ0v) is 13.1. The Balaban J connectivity index is 2.31. The van der Waals surface area contributed by atoms with Gasteiger partial charge in [-0.2, -0.15) is 0 Å². The highest BCUT2D eigenvalue weighted by atomic mass is 79.9. The van der Waals surface area contributed by atoms with Gasteiger partial charge in [0, 0.05) is 10.2 Å². The molecule has 0 saturated heterocycles. The molecule has 2 rings (SSSR count). The number of halogens is 1. The van der Waals surface area contributed by atoms with Crippen LogP contribution in [0.2, 0.25) is 0 Å². The van der Waals surface area contributed by atoms with Crippen LogP contribution in [0.1, 0.15) is 32.1 Å². The first-order chi connectivity index (χ1) is 9.88. The third-order valence-electron chi connectivity index (χ3n) is 2.93. The van der Waals surface area contributed by atoms with Crippen LogP contribution < -0.4 is 5.32 Å². The van der Waals surface area contributed by atoms with Crippen LogP contribution in [0.5, 0.6) is 0 Å². The largest absolute Gasteiger partial charge is 0.478 e. The number of carboxylic acids is 1. The second-order valence-electron chi connectivity index (χ2n) is 4.54. The molecule has 1 aromatic carbocycles. The van der Waals surface area contributed by atoms with E-state index >= 15 is 0 Å². The van der Waals surface area contributed by atoms with E-state index in [1.165, 1.54) is 12.1 Å². The summed E-state index contributed by atoms with van der Waals surface area (Å²) in [6.45, 7) is 3.60. The summed E-state index contributed by atoms with van der Waals surface area (Å²) in [6.07, 6.45) is 0. The van der Waals surface area contributed by atoms with Crippen molar-refractivity contribution in [2.75, 3.05) is 5.32 Å². The lowest BCUT2D eigenvalue weighted by molar-refractivity contribution is 0.0696. The number of amides is 1. The number of anilines is 1. The molecule has 2 N–H and O–H groups in total. The molecule has 108 valence electrons. The molecule has 0 unspecified atom stereocenters. The molecule has 0 aliphatic rings. The summed E-state index contributed by atoms with van der Waals surface area (Å²) < 4.78 is 0.610. The summed E-state index contributed by atoms with van der Waals surface area (Å²) in [4.78, 5) is 27.5. The van der Waals surface area contributed by atoms with Crippen molar-refractivity contribution >= 4 is 33.5 Å². The second-order valence-corrected chi connectivity index (χ2v) is 5.39. The number of carboxylic acid groups (broad SMARTS) is 1. The van der Waals surface area contributed by atoms with E-state index < -0.39 is 5.97 Å². The van der Waals surface area contributed by atoms with Gasteiger partial charge in [0.2, 0.25) is 0 Å². The van der Waals surface area contributed by atoms with Crippen molar-refractivity contribution in [3.05, 3.63) is 57.3 Å². The van der Waals surface area contributed by atoms with Crippen molar-refractivity contribution < 1.29 is 14.7 Å². The van der Waals surface area contributed by atoms with Crippen LogP contribution >= 0.6 is 15.9 Å². The van der Waals surface area contributed by atoms with Gasteiger partial charge in [-0.15, -0.1) is 0 Å². The third kappa shape index (κ3) is 3.46. The van der Waals surface area contributed by atoms with Gasteiger partial charge in [0.25, 0.3) is 5.91 Å². The van der Waals surface area contributed by atoms with Crippen LogP contribution in [0.3, 0.4) is 0 Å². The maximum Gasteiger partial charge on any atom is 0.335 e. The zero-order chi connectivity index (χ0) is 15.6. The predicted octanol–water partition coefficient (Wildman–Crippen LogP) is 3.41. The Hall–Kier alpha value is -2.21. The standard InChI is InChI=1S/C15H13BrN2O3/c1-8-3-5-11(9(2)17-8)14(19)18-13-7-10(15(20)21)4-6-12(13)16/h3-7H,1-2H3,(H,18,19)(H,20,21). The van der Waals surface area contributed by atoms with Gasteiger partial charge in [-0.25, -0.2) is 4.79 Å². The van der Waals surface area contributed by atoms with Crippen LogP contribution in [0.15, 0.2) is 34.8 Å². The zero-order valence-electron chi connectivity index (χ0n) is 11.5. The minimum Gasteiger partial charge on any atom is -0.478 e. The van der Waals surface area contributed by atoms with Gasteiger partial charge in [0.15, 0.2) is 0 Å². The minimum atomic E-state index is -1.05. The van der Waals surface area contributed by atoms with E-state index in [-0.39, 0.29) is 11.5 Å². The maximum atomic E-state index is 12.3. The minimum absolute atomic E-state index is 0.104. The normalized spacial score (nSPS) is 10.2. The van der Waals surface area contributed by atoms with Crippen molar-refractivity contribution in [2.24, 2.45) is 0 Å². The SMILES string of the molecule is Cc1ccc(C(=O)Nc2cc(C(=O)O)ccc2Br)c(C)n1. The quantitative estimate of drug-likeness (QED) is 0.890. The number of nitrogens with zero attached hydrogens (tertiary/aromatic N) is 1. The number of hydrogen-bond donors (Lipinski definition) is 2. The molecule has 0 aliphatic carbocycles. The number of aryl methyl sites for hydroxylation is 2. The molecule has 21 heavy (non-hydrogen) atoms. The van der Waals surface area contributed by atoms with E-state index in [1.807, 2.05) is 6.92 Å². The topological polar surface area (TPSA) is 79.3 Å². The monoisotopic (exact) mass is 348 g/mol. The highest BCUT2D eigenvalue weighted by Crippen LogP contribution is 2.24. The summed E-state index contributed by atoms with van der Waals surface area (Å²) in [5, 5.41) is 11.7. The van der Waals surface area contributed by atoms with E-state index in [0.29, 0.717) is 21.4 Å². The van der Waals surface area contributed by atoms with Gasteiger partial charge in [-0.1, -0.05) is 0 Å². The number of rotatable bonds is 3. The molecule has 5 nitrogen and oxygen atoms in total. The van der Waals surface area contributed by atoms with E-state index in [9.17, 15) is 9.59 Å². The Labute approximate surface area is 130 Å². The Bertz CT molecular complexity index is 729. The van der Waals surface area contributed by atoms with Crippen molar-refractivity contribution in [3.8, 4) is 0 Å². The smallest absolute Gasteiger partial charge is 0.335 e. The van der Waals surface area contributed by atoms with Crippen LogP contribution in [0.4, 0.5) is 5.69 Å². The average molecular weight is 349 g/mol. The van der Waals surface area contributed by atoms with E-state index in [0.717, 1.165) is 5.69 Å².